The van der Waals surface area contributed by atoms with Gasteiger partial charge in [0.15, 0.2) is 0 Å². The third-order valence-electron chi connectivity index (χ3n) is 2.88. The first-order valence-electron chi connectivity index (χ1n) is 6.57. The number of hydrogen-bond donors (Lipinski definition) is 2. The lowest BCUT2D eigenvalue weighted by Gasteiger charge is -2.10. The van der Waals surface area contributed by atoms with Gasteiger partial charge in [-0.25, -0.2) is 4.39 Å². The summed E-state index contributed by atoms with van der Waals surface area (Å²) in [5.41, 5.74) is 0.803. The first-order valence-corrected chi connectivity index (χ1v) is 6.57. The first-order chi connectivity index (χ1) is 10.6. The maximum atomic E-state index is 13.1. The highest BCUT2D eigenvalue weighted by Gasteiger charge is 2.10. The molecular weight excluding hydrogens is 287 g/mol. The van der Waals surface area contributed by atoms with Crippen molar-refractivity contribution in [1.29, 1.82) is 0 Å². The number of amides is 2. The average molecular weight is 302 g/mol. The minimum Gasteiger partial charge on any atom is -0.494 e. The molecule has 0 saturated carbocycles. The molecule has 0 aliphatic rings. The van der Waals surface area contributed by atoms with Gasteiger partial charge in [0.05, 0.1) is 19.3 Å². The zero-order valence-electron chi connectivity index (χ0n) is 11.9. The Morgan fingerprint density at radius 1 is 1.14 bits per heavy atom. The van der Waals surface area contributed by atoms with Gasteiger partial charge in [0.25, 0.3) is 5.91 Å². The van der Waals surface area contributed by atoms with Gasteiger partial charge < -0.3 is 15.4 Å². The number of carbonyl (C=O) groups excluding carboxylic acids is 2. The van der Waals surface area contributed by atoms with Crippen LogP contribution in [0.4, 0.5) is 10.1 Å². The van der Waals surface area contributed by atoms with E-state index in [1.54, 1.807) is 30.3 Å². The quantitative estimate of drug-likeness (QED) is 0.890. The summed E-state index contributed by atoms with van der Waals surface area (Å²) in [5.74, 6) is -1.04. The van der Waals surface area contributed by atoms with Crippen LogP contribution in [-0.4, -0.2) is 25.5 Å². The molecule has 5 nitrogen and oxygen atoms in total. The number of methoxy groups -OCH3 is 1. The fourth-order valence-electron chi connectivity index (χ4n) is 1.81. The standard InChI is InChI=1S/C16H15FN2O3/c1-22-14-9-12(17)7-8-13(14)19-15(20)10-18-16(21)11-5-3-2-4-6-11/h2-9H,10H2,1H3,(H,18,21)(H,19,20). The van der Waals surface area contributed by atoms with E-state index in [0.717, 1.165) is 6.07 Å². The smallest absolute Gasteiger partial charge is 0.251 e. The molecule has 0 saturated heterocycles. The molecule has 0 aliphatic carbocycles. The largest absolute Gasteiger partial charge is 0.494 e. The van der Waals surface area contributed by atoms with Crippen molar-refractivity contribution in [2.75, 3.05) is 19.0 Å². The van der Waals surface area contributed by atoms with Crippen LogP contribution in [0.1, 0.15) is 10.4 Å². The Bertz CT molecular complexity index is 674. The van der Waals surface area contributed by atoms with Crippen LogP contribution >= 0.6 is 0 Å². The first kappa shape index (κ1) is 15.5. The van der Waals surface area contributed by atoms with Crippen molar-refractivity contribution in [3.63, 3.8) is 0 Å². The summed E-state index contributed by atoms with van der Waals surface area (Å²) in [5, 5.41) is 5.05. The van der Waals surface area contributed by atoms with Crippen molar-refractivity contribution in [3.05, 3.63) is 59.9 Å². The molecule has 0 heterocycles. The van der Waals surface area contributed by atoms with Crippen molar-refractivity contribution in [1.82, 2.24) is 5.32 Å². The molecule has 22 heavy (non-hydrogen) atoms. The van der Waals surface area contributed by atoms with E-state index in [9.17, 15) is 14.0 Å². The summed E-state index contributed by atoms with van der Waals surface area (Å²) >= 11 is 0. The number of rotatable bonds is 5. The molecule has 2 rings (SSSR count). The third kappa shape index (κ3) is 4.05. The topological polar surface area (TPSA) is 67.4 Å². The Morgan fingerprint density at radius 2 is 1.86 bits per heavy atom. The number of carbonyl (C=O) groups is 2. The van der Waals surface area contributed by atoms with Gasteiger partial charge in [0.2, 0.25) is 5.91 Å². The van der Waals surface area contributed by atoms with E-state index < -0.39 is 11.7 Å². The lowest BCUT2D eigenvalue weighted by molar-refractivity contribution is -0.115. The monoisotopic (exact) mass is 302 g/mol. The molecule has 0 bridgehead atoms. The molecule has 114 valence electrons. The zero-order chi connectivity index (χ0) is 15.9. The molecule has 2 aromatic carbocycles. The van der Waals surface area contributed by atoms with E-state index in [2.05, 4.69) is 10.6 Å². The van der Waals surface area contributed by atoms with E-state index >= 15 is 0 Å². The van der Waals surface area contributed by atoms with Crippen LogP contribution in [0.3, 0.4) is 0 Å². The number of hydrogen-bond acceptors (Lipinski definition) is 3. The second-order valence-electron chi connectivity index (χ2n) is 4.44. The second-order valence-corrected chi connectivity index (χ2v) is 4.44. The Kier molecular flexibility index (Phi) is 5.08. The van der Waals surface area contributed by atoms with Crippen LogP contribution in [0, 0.1) is 5.82 Å². The van der Waals surface area contributed by atoms with Gasteiger partial charge in [-0.05, 0) is 24.3 Å². The van der Waals surface area contributed by atoms with Crippen LogP contribution < -0.4 is 15.4 Å². The molecule has 2 N–H and O–H groups in total. The second kappa shape index (κ2) is 7.21. The van der Waals surface area contributed by atoms with E-state index in [4.69, 9.17) is 4.74 Å². The Hall–Kier alpha value is -2.89. The highest BCUT2D eigenvalue weighted by Crippen LogP contribution is 2.24. The zero-order valence-corrected chi connectivity index (χ0v) is 11.9. The summed E-state index contributed by atoms with van der Waals surface area (Å²) in [7, 11) is 1.38. The number of anilines is 1. The molecule has 0 atom stereocenters. The number of ether oxygens (including phenoxy) is 1. The molecular formula is C16H15FN2O3. The van der Waals surface area contributed by atoms with Crippen molar-refractivity contribution < 1.29 is 18.7 Å². The van der Waals surface area contributed by atoms with Crippen LogP contribution in [0.25, 0.3) is 0 Å². The molecule has 0 aromatic heterocycles. The maximum absolute atomic E-state index is 13.1. The van der Waals surface area contributed by atoms with Gasteiger partial charge in [0.1, 0.15) is 11.6 Å². The van der Waals surface area contributed by atoms with Crippen molar-refractivity contribution in [3.8, 4) is 5.75 Å². The van der Waals surface area contributed by atoms with E-state index in [1.807, 2.05) is 0 Å². The summed E-state index contributed by atoms with van der Waals surface area (Å²) in [4.78, 5) is 23.6. The van der Waals surface area contributed by atoms with Crippen molar-refractivity contribution in [2.45, 2.75) is 0 Å². The fourth-order valence-corrected chi connectivity index (χ4v) is 1.81. The van der Waals surface area contributed by atoms with E-state index in [0.29, 0.717) is 11.3 Å². The van der Waals surface area contributed by atoms with Crippen molar-refractivity contribution >= 4 is 17.5 Å². The van der Waals surface area contributed by atoms with Gasteiger partial charge in [-0.3, -0.25) is 9.59 Å². The predicted molar refractivity (Wildman–Crippen MR) is 80.4 cm³/mol. The number of halogens is 1. The van der Waals surface area contributed by atoms with Gasteiger partial charge in [-0.1, -0.05) is 18.2 Å². The van der Waals surface area contributed by atoms with E-state index in [1.165, 1.54) is 19.2 Å². The van der Waals surface area contributed by atoms with Crippen LogP contribution in [-0.2, 0) is 4.79 Å². The third-order valence-corrected chi connectivity index (χ3v) is 2.88. The molecule has 0 spiro atoms. The molecule has 0 fully saturated rings. The number of nitrogens with one attached hydrogen (secondary N) is 2. The highest BCUT2D eigenvalue weighted by molar-refractivity contribution is 5.99. The summed E-state index contributed by atoms with van der Waals surface area (Å²) in [6.45, 7) is -0.200. The maximum Gasteiger partial charge on any atom is 0.251 e. The SMILES string of the molecule is COc1cc(F)ccc1NC(=O)CNC(=O)c1ccccc1. The molecule has 0 unspecified atom stereocenters. The van der Waals surface area contributed by atoms with Crippen LogP contribution in [0.2, 0.25) is 0 Å². The number of benzene rings is 2. The lowest BCUT2D eigenvalue weighted by Crippen LogP contribution is -2.32. The minimum atomic E-state index is -0.466. The summed E-state index contributed by atoms with van der Waals surface area (Å²) in [6, 6.07) is 12.3. The molecule has 0 aliphatic heterocycles. The van der Waals surface area contributed by atoms with Gasteiger partial charge >= 0.3 is 0 Å². The Morgan fingerprint density at radius 3 is 2.55 bits per heavy atom. The van der Waals surface area contributed by atoms with Crippen LogP contribution in [0.15, 0.2) is 48.5 Å². The van der Waals surface area contributed by atoms with Gasteiger partial charge in [0, 0.05) is 11.6 Å². The fraction of sp³-hybridized carbons (Fsp3) is 0.125. The summed E-state index contributed by atoms with van der Waals surface area (Å²) in [6.07, 6.45) is 0. The highest BCUT2D eigenvalue weighted by atomic mass is 19.1. The molecule has 6 heteroatoms. The Labute approximate surface area is 127 Å². The van der Waals surface area contributed by atoms with E-state index in [-0.39, 0.29) is 18.2 Å². The normalized spacial score (nSPS) is 9.91. The molecule has 2 aromatic rings. The Balaban J connectivity index is 1.92. The molecule has 2 amide bonds. The van der Waals surface area contributed by atoms with Crippen LogP contribution in [0.5, 0.6) is 5.75 Å². The average Bonchev–Trinajstić information content (AvgIpc) is 2.55. The summed E-state index contributed by atoms with van der Waals surface area (Å²) < 4.78 is 18.0. The van der Waals surface area contributed by atoms with Gasteiger partial charge in [-0.15, -0.1) is 0 Å². The minimum absolute atomic E-state index is 0.200. The van der Waals surface area contributed by atoms with Gasteiger partial charge in [-0.2, -0.15) is 0 Å². The van der Waals surface area contributed by atoms with Crippen molar-refractivity contribution in [2.24, 2.45) is 0 Å². The predicted octanol–water partition coefficient (Wildman–Crippen LogP) is 2.20. The lowest BCUT2D eigenvalue weighted by atomic mass is 10.2. The molecule has 0 radical (unpaired) electrons.